The van der Waals surface area contributed by atoms with Gasteiger partial charge in [-0.3, -0.25) is 0 Å². The van der Waals surface area contributed by atoms with E-state index >= 15 is 0 Å². The summed E-state index contributed by atoms with van der Waals surface area (Å²) in [6, 6.07) is 9.86. The van der Waals surface area contributed by atoms with Gasteiger partial charge in [-0.15, -0.1) is 0 Å². The number of rotatable bonds is 5. The molecule has 2 unspecified atom stereocenters. The van der Waals surface area contributed by atoms with Gasteiger partial charge in [-0.1, -0.05) is 17.7 Å². The summed E-state index contributed by atoms with van der Waals surface area (Å²) in [5.74, 6) is -2.68. The van der Waals surface area contributed by atoms with Gasteiger partial charge >= 0.3 is 0 Å². The molecule has 0 aliphatic carbocycles. The highest BCUT2D eigenvalue weighted by Crippen LogP contribution is 2.42. The molecule has 2 atom stereocenters. The first-order valence-corrected chi connectivity index (χ1v) is 13.0. The van der Waals surface area contributed by atoms with Crippen molar-refractivity contribution >= 4 is 26.7 Å². The average Bonchev–Trinajstić information content (AvgIpc) is 3.23. The van der Waals surface area contributed by atoms with Gasteiger partial charge in [-0.2, -0.15) is 0 Å². The summed E-state index contributed by atoms with van der Waals surface area (Å²) in [5.41, 5.74) is 7.08. The maximum absolute atomic E-state index is 14.6. The maximum Gasteiger partial charge on any atom is 0.269 e. The zero-order valence-electron chi connectivity index (χ0n) is 19.7. The van der Waals surface area contributed by atoms with Crippen molar-refractivity contribution in [3.05, 3.63) is 77.6 Å². The smallest absolute Gasteiger partial charge is 0.269 e. The minimum atomic E-state index is -4.04. The number of fused-ring (bicyclic) bond motifs is 1. The molecule has 5 rings (SSSR count). The Hall–Kier alpha value is -3.50. The van der Waals surface area contributed by atoms with Gasteiger partial charge in [0.05, 0.1) is 16.4 Å². The molecule has 4 aromatic rings. The molecule has 1 saturated heterocycles. The van der Waals surface area contributed by atoms with Crippen LogP contribution < -0.4 is 10.5 Å². The Morgan fingerprint density at radius 3 is 2.50 bits per heavy atom. The highest BCUT2D eigenvalue weighted by atomic mass is 32.2. The van der Waals surface area contributed by atoms with E-state index in [9.17, 15) is 17.2 Å². The van der Waals surface area contributed by atoms with Gasteiger partial charge in [-0.05, 0) is 50.5 Å². The van der Waals surface area contributed by atoms with Crippen LogP contribution in [0.3, 0.4) is 0 Å². The Morgan fingerprint density at radius 2 is 1.83 bits per heavy atom. The molecule has 1 aliphatic heterocycles. The third-order valence-electron chi connectivity index (χ3n) is 6.46. The van der Waals surface area contributed by atoms with E-state index < -0.39 is 27.4 Å². The predicted octanol–water partition coefficient (Wildman–Crippen LogP) is 5.52. The van der Waals surface area contributed by atoms with Crippen LogP contribution in [-0.2, 0) is 14.8 Å². The molecule has 2 N–H and O–H groups in total. The zero-order valence-corrected chi connectivity index (χ0v) is 20.6. The van der Waals surface area contributed by atoms with Gasteiger partial charge in [0, 0.05) is 42.7 Å². The zero-order chi connectivity index (χ0) is 25.6. The Morgan fingerprint density at radius 1 is 1.14 bits per heavy atom. The molecule has 7 nitrogen and oxygen atoms in total. The second kappa shape index (κ2) is 9.18. The Balaban J connectivity index is 1.74. The molecule has 3 heterocycles. The van der Waals surface area contributed by atoms with Gasteiger partial charge in [0.25, 0.3) is 10.0 Å². The fraction of sp³-hybridized carbons (Fsp3) is 0.269. The van der Waals surface area contributed by atoms with E-state index in [0.717, 1.165) is 34.5 Å². The molecule has 2 aromatic heterocycles. The third-order valence-corrected chi connectivity index (χ3v) is 8.13. The van der Waals surface area contributed by atoms with Crippen molar-refractivity contribution in [2.24, 2.45) is 0 Å². The largest absolute Gasteiger partial charge is 0.450 e. The van der Waals surface area contributed by atoms with Crippen molar-refractivity contribution in [3.8, 4) is 11.5 Å². The Labute approximate surface area is 207 Å². The molecule has 0 amide bonds. The molecular weight excluding hydrogens is 488 g/mol. The lowest BCUT2D eigenvalue weighted by molar-refractivity contribution is 0.0119. The van der Waals surface area contributed by atoms with Gasteiger partial charge in [0.15, 0.2) is 23.0 Å². The first kappa shape index (κ1) is 24.2. The molecule has 0 radical (unpaired) electrons. The molecule has 0 spiro atoms. The van der Waals surface area contributed by atoms with Crippen LogP contribution in [0.15, 0.2) is 59.8 Å². The Kier molecular flexibility index (Phi) is 6.17. The molecule has 1 fully saturated rings. The predicted molar refractivity (Wildman–Crippen MR) is 132 cm³/mol. The van der Waals surface area contributed by atoms with E-state index in [1.54, 1.807) is 12.1 Å². The number of aryl methyl sites for hydroxylation is 1. The topological polar surface area (TPSA) is 96.4 Å². The van der Waals surface area contributed by atoms with Crippen molar-refractivity contribution in [1.29, 1.82) is 0 Å². The first-order valence-electron chi connectivity index (χ1n) is 11.5. The van der Waals surface area contributed by atoms with Gasteiger partial charge in [-0.25, -0.2) is 26.2 Å². The van der Waals surface area contributed by atoms with Gasteiger partial charge in [0.1, 0.15) is 5.75 Å². The van der Waals surface area contributed by atoms with E-state index in [1.165, 1.54) is 30.6 Å². The van der Waals surface area contributed by atoms with Gasteiger partial charge in [0.2, 0.25) is 0 Å². The summed E-state index contributed by atoms with van der Waals surface area (Å²) in [6.07, 6.45) is 4.17. The van der Waals surface area contributed by atoms with E-state index in [0.29, 0.717) is 17.6 Å². The van der Waals surface area contributed by atoms with Crippen molar-refractivity contribution in [1.82, 2.24) is 8.96 Å². The minimum Gasteiger partial charge on any atom is -0.450 e. The molecule has 188 valence electrons. The standard InChI is InChI=1S/C26H25F2N3O4S/c1-15-5-7-18(8-6-15)36(32,33)31-14-20(19-4-3-11-34-16(19)2)24-23(9-10-30-26(24)31)35-25-21(27)12-17(29)13-22(25)28/h5-10,12-14,16,19H,3-4,11,29H2,1-2H3. The Bertz CT molecular complexity index is 1530. The number of nitrogens with two attached hydrogens (primary N) is 1. The highest BCUT2D eigenvalue weighted by Gasteiger charge is 2.32. The molecule has 2 aromatic carbocycles. The number of hydrogen-bond acceptors (Lipinski definition) is 6. The normalized spacial score (nSPS) is 18.4. The number of aromatic nitrogens is 2. The van der Waals surface area contributed by atoms with Crippen LogP contribution in [0.25, 0.3) is 11.0 Å². The van der Waals surface area contributed by atoms with E-state index in [1.807, 2.05) is 13.8 Å². The molecule has 0 bridgehead atoms. The van der Waals surface area contributed by atoms with Crippen molar-refractivity contribution in [2.75, 3.05) is 12.3 Å². The van der Waals surface area contributed by atoms with Gasteiger partial charge < -0.3 is 15.2 Å². The van der Waals surface area contributed by atoms with Crippen LogP contribution in [0.1, 0.15) is 36.8 Å². The number of hydrogen-bond donors (Lipinski definition) is 1. The number of nitrogen functional groups attached to an aromatic ring is 1. The van der Waals surface area contributed by atoms with Crippen LogP contribution >= 0.6 is 0 Å². The van der Waals surface area contributed by atoms with Crippen LogP contribution in [0.4, 0.5) is 14.5 Å². The van der Waals surface area contributed by atoms with Crippen molar-refractivity contribution < 1.29 is 26.7 Å². The monoisotopic (exact) mass is 513 g/mol. The lowest BCUT2D eigenvalue weighted by Crippen LogP contribution is -2.25. The van der Waals surface area contributed by atoms with Crippen molar-refractivity contribution in [3.63, 3.8) is 0 Å². The molecule has 36 heavy (non-hydrogen) atoms. The van der Waals surface area contributed by atoms with E-state index in [4.69, 9.17) is 15.2 Å². The van der Waals surface area contributed by atoms with Crippen LogP contribution in [0.5, 0.6) is 11.5 Å². The highest BCUT2D eigenvalue weighted by molar-refractivity contribution is 7.90. The number of nitrogens with zero attached hydrogens (tertiary/aromatic N) is 2. The summed E-state index contributed by atoms with van der Waals surface area (Å²) >= 11 is 0. The SMILES string of the molecule is Cc1ccc(S(=O)(=O)n2cc(C3CCCOC3C)c3c(Oc4c(F)cc(N)cc4F)ccnc32)cc1. The lowest BCUT2D eigenvalue weighted by atomic mass is 9.88. The second-order valence-corrected chi connectivity index (χ2v) is 10.8. The number of ether oxygens (including phenoxy) is 2. The summed E-state index contributed by atoms with van der Waals surface area (Å²) in [6.45, 7) is 4.38. The minimum absolute atomic E-state index is 0.0770. The number of anilines is 1. The number of pyridine rings is 1. The average molecular weight is 514 g/mol. The molecule has 10 heteroatoms. The first-order chi connectivity index (χ1) is 17.2. The number of halogens is 2. The second-order valence-electron chi connectivity index (χ2n) is 8.95. The maximum atomic E-state index is 14.6. The van der Waals surface area contributed by atoms with Crippen LogP contribution in [-0.4, -0.2) is 30.1 Å². The van der Waals surface area contributed by atoms with Crippen molar-refractivity contribution in [2.45, 2.75) is 43.6 Å². The lowest BCUT2D eigenvalue weighted by Gasteiger charge is -2.29. The summed E-state index contributed by atoms with van der Waals surface area (Å²) in [4.78, 5) is 4.44. The quantitative estimate of drug-likeness (QED) is 0.353. The van der Waals surface area contributed by atoms with Crippen LogP contribution in [0.2, 0.25) is 0 Å². The summed E-state index contributed by atoms with van der Waals surface area (Å²) < 4.78 is 69.2. The fourth-order valence-electron chi connectivity index (χ4n) is 4.62. The van der Waals surface area contributed by atoms with E-state index in [-0.39, 0.29) is 34.0 Å². The summed E-state index contributed by atoms with van der Waals surface area (Å²) in [5, 5.41) is 0.353. The number of benzene rings is 2. The van der Waals surface area contributed by atoms with Crippen LogP contribution in [0, 0.1) is 18.6 Å². The summed E-state index contributed by atoms with van der Waals surface area (Å²) in [7, 11) is -4.04. The third kappa shape index (κ3) is 4.20. The van der Waals surface area contributed by atoms with E-state index in [2.05, 4.69) is 4.98 Å². The molecular formula is C26H25F2N3O4S. The fourth-order valence-corrected chi connectivity index (χ4v) is 5.94. The molecule has 0 saturated carbocycles. The molecule has 1 aliphatic rings.